The van der Waals surface area contributed by atoms with Gasteiger partial charge in [0.05, 0.1) is 35.1 Å². The van der Waals surface area contributed by atoms with E-state index in [0.717, 1.165) is 34.5 Å². The lowest BCUT2D eigenvalue weighted by Gasteiger charge is -2.25. The summed E-state index contributed by atoms with van der Waals surface area (Å²) in [4.78, 5) is 22.9. The summed E-state index contributed by atoms with van der Waals surface area (Å²) in [7, 11) is 0. The fourth-order valence-electron chi connectivity index (χ4n) is 5.13. The number of nitrogens with one attached hydrogen (secondary N) is 1. The van der Waals surface area contributed by atoms with Gasteiger partial charge in [-0.25, -0.2) is 4.52 Å². The number of amides is 2. The van der Waals surface area contributed by atoms with Crippen LogP contribution in [0, 0.1) is 11.8 Å². The minimum atomic E-state index is -0.0681. The summed E-state index contributed by atoms with van der Waals surface area (Å²) < 4.78 is 1.93. The molecule has 0 bridgehead atoms. The zero-order valence-electron chi connectivity index (χ0n) is 20.6. The third-order valence-electron chi connectivity index (χ3n) is 7.50. The lowest BCUT2D eigenvalue weighted by atomic mass is 10.1. The molecule has 3 atom stereocenters. The summed E-state index contributed by atoms with van der Waals surface area (Å²) in [6, 6.07) is 14.8. The lowest BCUT2D eigenvalue weighted by Crippen LogP contribution is -2.49. The van der Waals surface area contributed by atoms with E-state index >= 15 is 0 Å². The molecule has 4 fully saturated rings. The van der Waals surface area contributed by atoms with Crippen molar-refractivity contribution in [3.05, 3.63) is 59.2 Å². The maximum atomic E-state index is 10.7. The van der Waals surface area contributed by atoms with Crippen molar-refractivity contribution in [3.63, 3.8) is 0 Å². The van der Waals surface area contributed by atoms with Crippen molar-refractivity contribution >= 4 is 28.9 Å². The van der Waals surface area contributed by atoms with E-state index in [9.17, 15) is 9.59 Å². The summed E-state index contributed by atoms with van der Waals surface area (Å²) in [5.74, 6) is 2.28. The van der Waals surface area contributed by atoms with Crippen molar-refractivity contribution in [1.29, 1.82) is 0 Å². The maximum absolute atomic E-state index is 10.7. The zero-order chi connectivity index (χ0) is 25.2. The van der Waals surface area contributed by atoms with Gasteiger partial charge in [-0.3, -0.25) is 9.59 Å². The van der Waals surface area contributed by atoms with Gasteiger partial charge in [0.15, 0.2) is 0 Å². The minimum Gasteiger partial charge on any atom is -0.393 e. The minimum absolute atomic E-state index is 0.0325. The second-order valence-electron chi connectivity index (χ2n) is 10.2. The first-order chi connectivity index (χ1) is 17.4. The van der Waals surface area contributed by atoms with Gasteiger partial charge in [0, 0.05) is 25.6 Å². The predicted molar refractivity (Wildman–Crippen MR) is 140 cm³/mol. The summed E-state index contributed by atoms with van der Waals surface area (Å²) in [6.07, 6.45) is 8.08. The van der Waals surface area contributed by atoms with Gasteiger partial charge in [0.2, 0.25) is 11.8 Å². The van der Waals surface area contributed by atoms with Crippen LogP contribution in [0.1, 0.15) is 50.5 Å². The van der Waals surface area contributed by atoms with Crippen LogP contribution in [-0.4, -0.2) is 57.2 Å². The molecule has 2 aromatic heterocycles. The van der Waals surface area contributed by atoms with Gasteiger partial charge in [-0.1, -0.05) is 41.9 Å². The van der Waals surface area contributed by atoms with E-state index < -0.39 is 0 Å². The van der Waals surface area contributed by atoms with Gasteiger partial charge in [-0.15, -0.1) is 0 Å². The van der Waals surface area contributed by atoms with Crippen molar-refractivity contribution in [2.24, 2.45) is 11.8 Å². The fraction of sp³-hybridized carbons (Fsp3) is 0.464. The number of hydrogen-bond acceptors (Lipinski definition) is 4. The van der Waals surface area contributed by atoms with Gasteiger partial charge in [0.25, 0.3) is 0 Å². The Balaban J connectivity index is 0.000000130. The van der Waals surface area contributed by atoms with Crippen molar-refractivity contribution in [1.82, 2.24) is 19.8 Å². The Morgan fingerprint density at radius 1 is 1.14 bits per heavy atom. The standard InChI is InChI=1S/C16H13ClN2.C6H10N2O2.C6H10O/c17-14-10-18-19-15(12-4-2-1-3-5-12)8-13(9-16(14)19)11-6-7-11;1-5(9)8-3-2-7-6(10)4-8;7-6-2-1-4-3-5(4)6/h1-5,8-11H,6-7H2;2-4H2,1H3,(H,7,10);4-7H,1-3H2. The van der Waals surface area contributed by atoms with Crippen LogP contribution in [0.2, 0.25) is 5.02 Å². The average molecular weight is 509 g/mol. The van der Waals surface area contributed by atoms with Crippen molar-refractivity contribution < 1.29 is 14.7 Å². The number of carbonyl (C=O) groups excluding carboxylic acids is 2. The Labute approximate surface area is 216 Å². The highest BCUT2D eigenvalue weighted by Crippen LogP contribution is 2.51. The van der Waals surface area contributed by atoms with Gasteiger partial charge in [-0.05, 0) is 67.6 Å². The number of rotatable bonds is 2. The highest BCUT2D eigenvalue weighted by molar-refractivity contribution is 6.33. The molecule has 190 valence electrons. The number of nitrogens with zero attached hydrogens (tertiary/aromatic N) is 3. The first-order valence-electron chi connectivity index (χ1n) is 12.8. The molecule has 7 nitrogen and oxygen atoms in total. The monoisotopic (exact) mass is 508 g/mol. The summed E-state index contributed by atoms with van der Waals surface area (Å²) >= 11 is 6.25. The Kier molecular flexibility index (Phi) is 7.30. The molecule has 3 heterocycles. The molecule has 4 aliphatic rings. The molecule has 0 spiro atoms. The molecule has 1 aromatic carbocycles. The summed E-state index contributed by atoms with van der Waals surface area (Å²) in [5.41, 5.74) is 4.68. The number of halogens is 1. The first kappa shape index (κ1) is 24.8. The molecular formula is C28H33ClN4O3. The molecule has 8 heteroatoms. The van der Waals surface area contributed by atoms with E-state index in [4.69, 9.17) is 16.7 Å². The predicted octanol–water partition coefficient (Wildman–Crippen LogP) is 4.27. The van der Waals surface area contributed by atoms with E-state index in [0.29, 0.717) is 19.0 Å². The quantitative estimate of drug-likeness (QED) is 0.541. The molecular weight excluding hydrogens is 476 g/mol. The Morgan fingerprint density at radius 2 is 1.92 bits per heavy atom. The third-order valence-corrected chi connectivity index (χ3v) is 7.79. The SMILES string of the molecule is CC(=O)N1CCNC(=O)C1.Clc1cnn2c(-c3ccccc3)cc(C3CC3)cc12.OC1CCC2CC12. The molecule has 3 aliphatic carbocycles. The number of fused-ring (bicyclic) bond motifs is 2. The van der Waals surface area contributed by atoms with Crippen LogP contribution in [0.4, 0.5) is 0 Å². The average Bonchev–Trinajstić information content (AvgIpc) is 3.81. The van der Waals surface area contributed by atoms with Crippen LogP contribution in [-0.2, 0) is 9.59 Å². The Hall–Kier alpha value is -2.90. The van der Waals surface area contributed by atoms with Crippen molar-refractivity contribution in [2.75, 3.05) is 19.6 Å². The smallest absolute Gasteiger partial charge is 0.239 e. The number of hydrogen-bond donors (Lipinski definition) is 2. The van der Waals surface area contributed by atoms with Crippen LogP contribution in [0.3, 0.4) is 0 Å². The molecule has 0 radical (unpaired) electrons. The molecule has 1 saturated heterocycles. The first-order valence-corrected chi connectivity index (χ1v) is 13.2. The zero-order valence-corrected chi connectivity index (χ0v) is 21.3. The van der Waals surface area contributed by atoms with E-state index in [2.05, 4.69) is 46.8 Å². The highest BCUT2D eigenvalue weighted by Gasteiger charge is 2.47. The molecule has 3 saturated carbocycles. The maximum Gasteiger partial charge on any atom is 0.239 e. The van der Waals surface area contributed by atoms with E-state index in [-0.39, 0.29) is 24.5 Å². The van der Waals surface area contributed by atoms with Crippen LogP contribution in [0.25, 0.3) is 16.8 Å². The highest BCUT2D eigenvalue weighted by atomic mass is 35.5. The van der Waals surface area contributed by atoms with E-state index in [1.807, 2.05) is 10.6 Å². The normalized spacial score (nSPS) is 24.1. The molecule has 3 aromatic rings. The number of aliphatic hydroxyl groups excluding tert-OH is 1. The molecule has 2 N–H and O–H groups in total. The number of benzene rings is 1. The third kappa shape index (κ3) is 5.73. The summed E-state index contributed by atoms with van der Waals surface area (Å²) in [5, 5.41) is 16.8. The van der Waals surface area contributed by atoms with Crippen LogP contribution in [0.15, 0.2) is 48.7 Å². The fourth-order valence-corrected chi connectivity index (χ4v) is 5.30. The number of aliphatic hydroxyl groups is 1. The Bertz CT molecular complexity index is 1240. The molecule has 1 aliphatic heterocycles. The van der Waals surface area contributed by atoms with Crippen LogP contribution in [0.5, 0.6) is 0 Å². The van der Waals surface area contributed by atoms with Crippen LogP contribution < -0.4 is 5.32 Å². The van der Waals surface area contributed by atoms with Gasteiger partial charge in [0.1, 0.15) is 0 Å². The van der Waals surface area contributed by atoms with E-state index in [1.165, 1.54) is 48.6 Å². The lowest BCUT2D eigenvalue weighted by molar-refractivity contribution is -0.136. The topological polar surface area (TPSA) is 86.9 Å². The van der Waals surface area contributed by atoms with Crippen LogP contribution >= 0.6 is 11.6 Å². The second kappa shape index (κ2) is 10.6. The Morgan fingerprint density at radius 3 is 2.44 bits per heavy atom. The largest absolute Gasteiger partial charge is 0.393 e. The van der Waals surface area contributed by atoms with Gasteiger partial charge >= 0.3 is 0 Å². The molecule has 36 heavy (non-hydrogen) atoms. The van der Waals surface area contributed by atoms with E-state index in [1.54, 1.807) is 6.20 Å². The van der Waals surface area contributed by atoms with Crippen molar-refractivity contribution in [3.8, 4) is 11.3 Å². The summed E-state index contributed by atoms with van der Waals surface area (Å²) in [6.45, 7) is 2.91. The second-order valence-corrected chi connectivity index (χ2v) is 10.6. The van der Waals surface area contributed by atoms with Gasteiger partial charge in [-0.2, -0.15) is 5.10 Å². The number of pyridine rings is 1. The molecule has 2 amide bonds. The molecule has 7 rings (SSSR count). The van der Waals surface area contributed by atoms with Crippen molar-refractivity contribution in [2.45, 2.75) is 51.0 Å². The molecule has 3 unspecified atom stereocenters. The number of piperazine rings is 1. The number of aromatic nitrogens is 2. The number of carbonyl (C=O) groups is 2. The van der Waals surface area contributed by atoms with Gasteiger partial charge < -0.3 is 15.3 Å².